The summed E-state index contributed by atoms with van der Waals surface area (Å²) in [4.78, 5) is 0. The van der Waals surface area contributed by atoms with Gasteiger partial charge in [-0.05, 0) is 24.3 Å². The molecule has 0 spiro atoms. The van der Waals surface area contributed by atoms with Crippen LogP contribution in [0, 0.1) is 11.6 Å². The van der Waals surface area contributed by atoms with E-state index in [1.165, 1.54) is 18.2 Å². The molecule has 0 saturated heterocycles. The maximum atomic E-state index is 13.9. The van der Waals surface area contributed by atoms with Crippen molar-refractivity contribution < 1.29 is 14.0 Å². The van der Waals surface area contributed by atoms with Crippen LogP contribution in [0.2, 0.25) is 0 Å². The Bertz CT molecular complexity index is 692. The molecule has 4 N–H and O–H groups in total. The molecule has 21 heavy (non-hydrogen) atoms. The van der Waals surface area contributed by atoms with Crippen LogP contribution in [0.4, 0.5) is 14.5 Å². The highest BCUT2D eigenvalue weighted by atomic mass is 79.9. The second-order valence-electron chi connectivity index (χ2n) is 4.27. The number of rotatable bonds is 4. The van der Waals surface area contributed by atoms with Gasteiger partial charge in [-0.15, -0.1) is 0 Å². The molecule has 0 heterocycles. The first kappa shape index (κ1) is 15.2. The third-order valence-electron chi connectivity index (χ3n) is 2.86. The minimum Gasteiger partial charge on any atom is -0.409 e. The van der Waals surface area contributed by atoms with Gasteiger partial charge in [0.1, 0.15) is 11.6 Å². The van der Waals surface area contributed by atoms with E-state index < -0.39 is 11.6 Å². The van der Waals surface area contributed by atoms with Gasteiger partial charge >= 0.3 is 0 Å². The molecule has 2 aromatic rings. The SMILES string of the molecule is NC(=NO)c1ccc(CNc2ccc(Br)cc2F)c(F)c1. The molecule has 0 aromatic heterocycles. The zero-order valence-corrected chi connectivity index (χ0v) is 12.4. The molecule has 4 nitrogen and oxygen atoms in total. The molecule has 0 aliphatic heterocycles. The highest BCUT2D eigenvalue weighted by molar-refractivity contribution is 9.10. The normalized spacial score (nSPS) is 11.5. The third kappa shape index (κ3) is 3.69. The van der Waals surface area contributed by atoms with E-state index in [9.17, 15) is 8.78 Å². The number of hydrogen-bond donors (Lipinski definition) is 3. The number of benzene rings is 2. The molecule has 0 aliphatic rings. The van der Waals surface area contributed by atoms with Crippen LogP contribution in [0.5, 0.6) is 0 Å². The van der Waals surface area contributed by atoms with Crippen molar-refractivity contribution in [1.29, 1.82) is 0 Å². The van der Waals surface area contributed by atoms with Crippen LogP contribution in [0.25, 0.3) is 0 Å². The summed E-state index contributed by atoms with van der Waals surface area (Å²) in [5.74, 6) is -1.13. The molecule has 0 unspecified atom stereocenters. The van der Waals surface area contributed by atoms with Crippen molar-refractivity contribution in [2.45, 2.75) is 6.54 Å². The first-order valence-corrected chi connectivity index (χ1v) is 6.76. The topological polar surface area (TPSA) is 70.6 Å². The van der Waals surface area contributed by atoms with Crippen molar-refractivity contribution in [3.05, 3.63) is 63.6 Å². The van der Waals surface area contributed by atoms with Gasteiger partial charge in [0.05, 0.1) is 5.69 Å². The number of amidine groups is 1. The number of anilines is 1. The van der Waals surface area contributed by atoms with Crippen LogP contribution >= 0.6 is 15.9 Å². The number of halogens is 3. The Labute approximate surface area is 128 Å². The molecule has 2 rings (SSSR count). The minimum absolute atomic E-state index is 0.112. The number of nitrogens with one attached hydrogen (secondary N) is 1. The first-order chi connectivity index (χ1) is 10.0. The summed E-state index contributed by atoms with van der Waals surface area (Å²) in [6.45, 7) is 0.112. The van der Waals surface area contributed by atoms with Crippen molar-refractivity contribution in [3.63, 3.8) is 0 Å². The zero-order chi connectivity index (χ0) is 15.4. The lowest BCUT2D eigenvalue weighted by molar-refractivity contribution is 0.318. The van der Waals surface area contributed by atoms with Crippen LogP contribution in [0.3, 0.4) is 0 Å². The maximum absolute atomic E-state index is 13.9. The van der Waals surface area contributed by atoms with E-state index >= 15 is 0 Å². The van der Waals surface area contributed by atoms with E-state index in [1.54, 1.807) is 12.1 Å². The van der Waals surface area contributed by atoms with Crippen molar-refractivity contribution >= 4 is 27.5 Å². The Morgan fingerprint density at radius 3 is 2.57 bits per heavy atom. The largest absolute Gasteiger partial charge is 0.409 e. The minimum atomic E-state index is -0.524. The number of hydrogen-bond acceptors (Lipinski definition) is 3. The van der Waals surface area contributed by atoms with Gasteiger partial charge < -0.3 is 16.3 Å². The fourth-order valence-electron chi connectivity index (χ4n) is 1.73. The number of nitrogens with zero attached hydrogens (tertiary/aromatic N) is 1. The molecule has 0 amide bonds. The second kappa shape index (κ2) is 6.53. The Kier molecular flexibility index (Phi) is 4.74. The van der Waals surface area contributed by atoms with Crippen molar-refractivity contribution in [3.8, 4) is 0 Å². The average molecular weight is 356 g/mol. The molecule has 0 fully saturated rings. The Morgan fingerprint density at radius 2 is 1.95 bits per heavy atom. The van der Waals surface area contributed by atoms with Crippen LogP contribution < -0.4 is 11.1 Å². The summed E-state index contributed by atoms with van der Waals surface area (Å²) in [7, 11) is 0. The lowest BCUT2D eigenvalue weighted by Gasteiger charge is -2.09. The highest BCUT2D eigenvalue weighted by Crippen LogP contribution is 2.20. The van der Waals surface area contributed by atoms with Gasteiger partial charge in [0, 0.05) is 22.1 Å². The van der Waals surface area contributed by atoms with Crippen LogP contribution in [0.15, 0.2) is 46.0 Å². The van der Waals surface area contributed by atoms with E-state index in [4.69, 9.17) is 10.9 Å². The summed E-state index contributed by atoms with van der Waals surface area (Å²) in [5, 5.41) is 14.2. The van der Waals surface area contributed by atoms with E-state index in [0.717, 1.165) is 6.07 Å². The molecular weight excluding hydrogens is 344 g/mol. The summed E-state index contributed by atoms with van der Waals surface area (Å²) in [6, 6.07) is 8.73. The van der Waals surface area contributed by atoms with E-state index in [2.05, 4.69) is 26.4 Å². The second-order valence-corrected chi connectivity index (χ2v) is 5.18. The molecular formula is C14H12BrF2N3O. The third-order valence-corrected chi connectivity index (χ3v) is 3.35. The summed E-state index contributed by atoms with van der Waals surface area (Å²) < 4.78 is 28.1. The smallest absolute Gasteiger partial charge is 0.170 e. The van der Waals surface area contributed by atoms with Gasteiger partial charge in [-0.3, -0.25) is 0 Å². The standard InChI is InChI=1S/C14H12BrF2N3O/c15-10-3-4-13(12(17)6-10)19-7-9-2-1-8(5-11(9)16)14(18)20-21/h1-6,19,21H,7H2,(H2,18,20). The van der Waals surface area contributed by atoms with E-state index in [1.807, 2.05) is 0 Å². The van der Waals surface area contributed by atoms with Crippen molar-refractivity contribution in [2.24, 2.45) is 10.9 Å². The van der Waals surface area contributed by atoms with Crippen molar-refractivity contribution in [2.75, 3.05) is 5.32 Å². The van der Waals surface area contributed by atoms with Gasteiger partial charge in [0.2, 0.25) is 0 Å². The lowest BCUT2D eigenvalue weighted by atomic mass is 10.1. The van der Waals surface area contributed by atoms with E-state index in [-0.39, 0.29) is 23.6 Å². The molecule has 0 radical (unpaired) electrons. The molecule has 0 aliphatic carbocycles. The Morgan fingerprint density at radius 1 is 1.19 bits per heavy atom. The highest BCUT2D eigenvalue weighted by Gasteiger charge is 2.08. The summed E-state index contributed by atoms with van der Waals surface area (Å²) in [6.07, 6.45) is 0. The quantitative estimate of drug-likeness (QED) is 0.340. The average Bonchev–Trinajstić information content (AvgIpc) is 2.46. The molecule has 110 valence electrons. The summed E-state index contributed by atoms with van der Waals surface area (Å²) >= 11 is 3.16. The van der Waals surface area contributed by atoms with Crippen molar-refractivity contribution in [1.82, 2.24) is 0 Å². The van der Waals surface area contributed by atoms with Crippen LogP contribution in [0.1, 0.15) is 11.1 Å². The van der Waals surface area contributed by atoms with Gasteiger partial charge in [0.25, 0.3) is 0 Å². The predicted molar refractivity (Wildman–Crippen MR) is 80.3 cm³/mol. The van der Waals surface area contributed by atoms with Gasteiger partial charge in [0.15, 0.2) is 5.84 Å². The first-order valence-electron chi connectivity index (χ1n) is 5.96. The van der Waals surface area contributed by atoms with Gasteiger partial charge in [-0.1, -0.05) is 33.2 Å². The number of nitrogens with two attached hydrogens (primary N) is 1. The fraction of sp³-hybridized carbons (Fsp3) is 0.0714. The molecule has 0 saturated carbocycles. The monoisotopic (exact) mass is 355 g/mol. The molecule has 7 heteroatoms. The van der Waals surface area contributed by atoms with Gasteiger partial charge in [-0.2, -0.15) is 0 Å². The summed E-state index contributed by atoms with van der Waals surface area (Å²) in [5.41, 5.74) is 6.26. The maximum Gasteiger partial charge on any atom is 0.170 e. The van der Waals surface area contributed by atoms with Crippen LogP contribution in [-0.4, -0.2) is 11.0 Å². The van der Waals surface area contributed by atoms with E-state index in [0.29, 0.717) is 10.0 Å². The Balaban J connectivity index is 2.13. The zero-order valence-electron chi connectivity index (χ0n) is 10.8. The number of oxime groups is 1. The molecule has 2 aromatic carbocycles. The van der Waals surface area contributed by atoms with Crippen LogP contribution in [-0.2, 0) is 6.54 Å². The lowest BCUT2D eigenvalue weighted by Crippen LogP contribution is -2.14. The predicted octanol–water partition coefficient (Wildman–Crippen LogP) is 3.43. The molecule has 0 atom stereocenters. The molecule has 0 bridgehead atoms. The van der Waals surface area contributed by atoms with Gasteiger partial charge in [-0.25, -0.2) is 8.78 Å². The fourth-order valence-corrected chi connectivity index (χ4v) is 2.06. The Hall–Kier alpha value is -2.15.